The molecular weight excluding hydrogens is 208 g/mol. The fraction of sp³-hybridized carbons (Fsp3) is 0.0909. The number of hydrogen-bond acceptors (Lipinski definition) is 3. The Morgan fingerprint density at radius 1 is 1.07 bits per heavy atom. The lowest BCUT2D eigenvalue weighted by atomic mass is 10.2. The second kappa shape index (κ2) is 4.31. The molecule has 1 atom stereocenters. The molecule has 0 bridgehead atoms. The highest BCUT2D eigenvalue weighted by Gasteiger charge is 2.03. The smallest absolute Gasteiger partial charge is 0.127 e. The van der Waals surface area contributed by atoms with E-state index in [1.54, 1.807) is 18.5 Å². The first-order valence-corrected chi connectivity index (χ1v) is 6.05. The van der Waals surface area contributed by atoms with E-state index in [4.69, 9.17) is 0 Å². The van der Waals surface area contributed by atoms with Gasteiger partial charge in [0.25, 0.3) is 0 Å². The molecule has 15 heavy (non-hydrogen) atoms. The zero-order chi connectivity index (χ0) is 10.7. The second-order valence-corrected chi connectivity index (χ2v) is 4.36. The van der Waals surface area contributed by atoms with Crippen LogP contribution in [0.2, 0.25) is 0 Å². The SMILES string of the molecule is CS(=O)c1cccc(-c2ccccn2)n1. The maximum Gasteiger partial charge on any atom is 0.127 e. The molecule has 0 aromatic carbocycles. The maximum absolute atomic E-state index is 11.3. The standard InChI is InChI=1S/C11H10N2OS/c1-15(14)11-7-4-6-10(13-11)9-5-2-3-8-12-9/h2-8H,1H3. The zero-order valence-corrected chi connectivity index (χ0v) is 9.07. The molecule has 2 aromatic heterocycles. The summed E-state index contributed by atoms with van der Waals surface area (Å²) in [5, 5.41) is 0.582. The van der Waals surface area contributed by atoms with Crippen LogP contribution in [0.15, 0.2) is 47.6 Å². The molecule has 0 aliphatic carbocycles. The molecule has 2 rings (SSSR count). The van der Waals surface area contributed by atoms with Crippen molar-refractivity contribution in [1.29, 1.82) is 0 Å². The summed E-state index contributed by atoms with van der Waals surface area (Å²) in [4.78, 5) is 8.47. The van der Waals surface area contributed by atoms with Gasteiger partial charge in [-0.1, -0.05) is 12.1 Å². The summed E-state index contributed by atoms with van der Waals surface area (Å²) < 4.78 is 11.3. The van der Waals surface area contributed by atoms with E-state index in [-0.39, 0.29) is 0 Å². The number of aromatic nitrogens is 2. The van der Waals surface area contributed by atoms with Crippen molar-refractivity contribution >= 4 is 10.8 Å². The van der Waals surface area contributed by atoms with Gasteiger partial charge in [0.05, 0.1) is 22.2 Å². The largest absolute Gasteiger partial charge is 0.255 e. The fourth-order valence-electron chi connectivity index (χ4n) is 1.23. The molecule has 0 radical (unpaired) electrons. The quantitative estimate of drug-likeness (QED) is 0.773. The summed E-state index contributed by atoms with van der Waals surface area (Å²) in [6.45, 7) is 0. The Morgan fingerprint density at radius 3 is 2.53 bits per heavy atom. The number of nitrogens with zero attached hydrogens (tertiary/aromatic N) is 2. The Bertz CT molecular complexity index is 485. The van der Waals surface area contributed by atoms with Crippen molar-refractivity contribution in [3.05, 3.63) is 42.6 Å². The van der Waals surface area contributed by atoms with Crippen LogP contribution >= 0.6 is 0 Å². The average molecular weight is 218 g/mol. The third-order valence-electron chi connectivity index (χ3n) is 1.95. The zero-order valence-electron chi connectivity index (χ0n) is 8.25. The van der Waals surface area contributed by atoms with Gasteiger partial charge in [0.15, 0.2) is 0 Å². The monoisotopic (exact) mass is 218 g/mol. The van der Waals surface area contributed by atoms with Gasteiger partial charge in [-0.2, -0.15) is 0 Å². The van der Waals surface area contributed by atoms with Crippen LogP contribution in [0.4, 0.5) is 0 Å². The van der Waals surface area contributed by atoms with Crippen molar-refractivity contribution in [3.8, 4) is 11.4 Å². The summed E-state index contributed by atoms with van der Waals surface area (Å²) in [7, 11) is -1.05. The van der Waals surface area contributed by atoms with Gasteiger partial charge in [-0.15, -0.1) is 0 Å². The van der Waals surface area contributed by atoms with E-state index in [0.29, 0.717) is 5.03 Å². The summed E-state index contributed by atoms with van der Waals surface area (Å²) in [6, 6.07) is 11.1. The number of rotatable bonds is 2. The topological polar surface area (TPSA) is 42.9 Å². The third-order valence-corrected chi connectivity index (χ3v) is 2.76. The first-order chi connectivity index (χ1) is 7.27. The van der Waals surface area contributed by atoms with Crippen LogP contribution in [0, 0.1) is 0 Å². The van der Waals surface area contributed by atoms with Crippen LogP contribution < -0.4 is 0 Å². The van der Waals surface area contributed by atoms with Crippen LogP contribution in [0.25, 0.3) is 11.4 Å². The molecule has 0 aliphatic heterocycles. The van der Waals surface area contributed by atoms with E-state index in [1.165, 1.54) is 0 Å². The van der Waals surface area contributed by atoms with Crippen molar-refractivity contribution in [1.82, 2.24) is 9.97 Å². The van der Waals surface area contributed by atoms with E-state index in [9.17, 15) is 4.21 Å². The van der Waals surface area contributed by atoms with E-state index in [0.717, 1.165) is 11.4 Å². The summed E-state index contributed by atoms with van der Waals surface area (Å²) in [5.41, 5.74) is 1.55. The molecule has 0 saturated carbocycles. The highest BCUT2D eigenvalue weighted by atomic mass is 32.2. The molecule has 0 fully saturated rings. The predicted octanol–water partition coefficient (Wildman–Crippen LogP) is 1.88. The Morgan fingerprint density at radius 2 is 1.87 bits per heavy atom. The van der Waals surface area contributed by atoms with Crippen LogP contribution in [0.1, 0.15) is 0 Å². The van der Waals surface area contributed by atoms with Gasteiger partial charge < -0.3 is 0 Å². The second-order valence-electron chi connectivity index (χ2n) is 3.03. The molecule has 76 valence electrons. The van der Waals surface area contributed by atoms with Crippen molar-refractivity contribution in [2.45, 2.75) is 5.03 Å². The Hall–Kier alpha value is -1.55. The first-order valence-electron chi connectivity index (χ1n) is 4.49. The lowest BCUT2D eigenvalue weighted by molar-refractivity contribution is 0.684. The molecule has 0 N–H and O–H groups in total. The predicted molar refractivity (Wildman–Crippen MR) is 59.8 cm³/mol. The summed E-state index contributed by atoms with van der Waals surface area (Å²) in [6.07, 6.45) is 3.33. The molecule has 2 heterocycles. The molecule has 0 saturated heterocycles. The van der Waals surface area contributed by atoms with Crippen molar-refractivity contribution < 1.29 is 4.21 Å². The summed E-state index contributed by atoms with van der Waals surface area (Å²) in [5.74, 6) is 0. The molecule has 0 aliphatic rings. The minimum atomic E-state index is -1.05. The lowest BCUT2D eigenvalue weighted by Crippen LogP contribution is -1.94. The van der Waals surface area contributed by atoms with Crippen molar-refractivity contribution in [3.63, 3.8) is 0 Å². The Kier molecular flexibility index (Phi) is 2.87. The maximum atomic E-state index is 11.3. The van der Waals surface area contributed by atoms with Crippen molar-refractivity contribution in [2.75, 3.05) is 6.26 Å². The van der Waals surface area contributed by atoms with E-state index >= 15 is 0 Å². The van der Waals surface area contributed by atoms with Gasteiger partial charge in [-0.3, -0.25) is 9.19 Å². The third kappa shape index (κ3) is 2.27. The average Bonchev–Trinajstić information content (AvgIpc) is 2.30. The first kappa shape index (κ1) is 9.98. The highest BCUT2D eigenvalue weighted by molar-refractivity contribution is 7.84. The summed E-state index contributed by atoms with van der Waals surface area (Å²) >= 11 is 0. The van der Waals surface area contributed by atoms with E-state index in [1.807, 2.05) is 30.3 Å². The van der Waals surface area contributed by atoms with Crippen LogP contribution in [0.5, 0.6) is 0 Å². The lowest BCUT2D eigenvalue weighted by Gasteiger charge is -2.01. The number of hydrogen-bond donors (Lipinski definition) is 0. The van der Waals surface area contributed by atoms with Gasteiger partial charge in [0.2, 0.25) is 0 Å². The molecule has 3 nitrogen and oxygen atoms in total. The van der Waals surface area contributed by atoms with Gasteiger partial charge >= 0.3 is 0 Å². The van der Waals surface area contributed by atoms with Gasteiger partial charge in [0, 0.05) is 12.5 Å². The highest BCUT2D eigenvalue weighted by Crippen LogP contribution is 2.14. The van der Waals surface area contributed by atoms with Gasteiger partial charge in [-0.25, -0.2) is 4.98 Å². The minimum Gasteiger partial charge on any atom is -0.255 e. The Balaban J connectivity index is 2.46. The van der Waals surface area contributed by atoms with Crippen LogP contribution in [-0.4, -0.2) is 20.4 Å². The van der Waals surface area contributed by atoms with E-state index in [2.05, 4.69) is 9.97 Å². The molecular formula is C11H10N2OS. The molecule has 2 aromatic rings. The van der Waals surface area contributed by atoms with Crippen molar-refractivity contribution in [2.24, 2.45) is 0 Å². The molecule has 4 heteroatoms. The number of pyridine rings is 2. The van der Waals surface area contributed by atoms with E-state index < -0.39 is 10.8 Å². The fourth-order valence-corrected chi connectivity index (χ4v) is 1.73. The molecule has 0 amide bonds. The molecule has 0 spiro atoms. The van der Waals surface area contributed by atoms with Gasteiger partial charge in [0.1, 0.15) is 5.03 Å². The molecule has 1 unspecified atom stereocenters. The normalized spacial score (nSPS) is 12.3. The minimum absolute atomic E-state index is 0.582. The Labute approximate surface area is 90.7 Å². The van der Waals surface area contributed by atoms with Gasteiger partial charge in [-0.05, 0) is 24.3 Å². The van der Waals surface area contributed by atoms with Crippen LogP contribution in [-0.2, 0) is 10.8 Å². The van der Waals surface area contributed by atoms with Crippen LogP contribution in [0.3, 0.4) is 0 Å².